The highest BCUT2D eigenvalue weighted by Crippen LogP contribution is 2.70. The zero-order valence-corrected chi connectivity index (χ0v) is 28.7. The number of alkyl halides is 2. The van der Waals surface area contributed by atoms with E-state index in [2.05, 4.69) is 35.3 Å². The third-order valence-electron chi connectivity index (χ3n) is 12.4. The van der Waals surface area contributed by atoms with Gasteiger partial charge in [0.05, 0.1) is 11.6 Å². The van der Waals surface area contributed by atoms with Crippen LogP contribution in [0.25, 0.3) is 22.3 Å². The van der Waals surface area contributed by atoms with Crippen molar-refractivity contribution < 1.29 is 23.2 Å². The first kappa shape index (κ1) is 32.3. The summed E-state index contributed by atoms with van der Waals surface area (Å²) in [6.07, 6.45) is 5.42. The van der Waals surface area contributed by atoms with Gasteiger partial charge in [0, 0.05) is 104 Å². The molecule has 0 spiro atoms. The van der Waals surface area contributed by atoms with Crippen molar-refractivity contribution in [3.8, 4) is 11.4 Å². The molecule has 5 aliphatic rings. The fourth-order valence-corrected chi connectivity index (χ4v) is 9.05. The third-order valence-corrected chi connectivity index (χ3v) is 12.4. The highest BCUT2D eigenvalue weighted by Gasteiger charge is 2.78. The van der Waals surface area contributed by atoms with Crippen molar-refractivity contribution in [2.24, 2.45) is 17.3 Å². The minimum Gasteiger partial charge on any atom is -0.357 e. The molecule has 1 aromatic carbocycles. The molecule has 3 N–H and O–H groups in total. The average molecular weight is 697 g/mol. The number of hydrogen-bond donors (Lipinski definition) is 3. The number of carbonyl (C=O) groups excluding carboxylic acids is 3. The van der Waals surface area contributed by atoms with Crippen LogP contribution >= 0.6 is 0 Å². The SMILES string of the molecule is CC12Cc3[nH]nc(-c4cc5ccc(C(=O)N6CCN(CC7CCN(c8ccc(C9CCC(=O)NC9=O)cn8)CC7)CC6)cc5[nH]4)c3C[C@@H]1C2(F)F. The number of carbonyl (C=O) groups is 3. The molecule has 6 heterocycles. The van der Waals surface area contributed by atoms with Crippen molar-refractivity contribution in [2.75, 3.05) is 50.7 Å². The smallest absolute Gasteiger partial charge is 0.258 e. The summed E-state index contributed by atoms with van der Waals surface area (Å²) in [4.78, 5) is 52.1. The Bertz CT molecular complexity index is 2030. The molecule has 3 aliphatic heterocycles. The number of pyridine rings is 1. The van der Waals surface area contributed by atoms with E-state index in [4.69, 9.17) is 0 Å². The molecule has 2 aliphatic carbocycles. The number of fused-ring (bicyclic) bond motifs is 3. The number of piperidine rings is 2. The molecule has 51 heavy (non-hydrogen) atoms. The molecular weight excluding hydrogens is 654 g/mol. The van der Waals surface area contributed by atoms with Crippen LogP contribution in [0.5, 0.6) is 0 Å². The molecule has 9 rings (SSSR count). The topological polar surface area (TPSA) is 130 Å². The van der Waals surface area contributed by atoms with Crippen molar-refractivity contribution in [3.05, 3.63) is 65.0 Å². The van der Waals surface area contributed by atoms with Crippen LogP contribution in [0.3, 0.4) is 0 Å². The van der Waals surface area contributed by atoms with Crippen molar-refractivity contribution >= 4 is 34.4 Å². The van der Waals surface area contributed by atoms with Crippen LogP contribution < -0.4 is 10.2 Å². The first-order valence-electron chi connectivity index (χ1n) is 18.2. The number of benzene rings is 1. The van der Waals surface area contributed by atoms with Gasteiger partial charge in [-0.2, -0.15) is 5.10 Å². The molecule has 3 aromatic heterocycles. The first-order valence-corrected chi connectivity index (χ1v) is 18.2. The Hall–Kier alpha value is -4.65. The van der Waals surface area contributed by atoms with Crippen molar-refractivity contribution in [2.45, 2.75) is 57.3 Å². The maximum atomic E-state index is 14.5. The molecule has 3 saturated heterocycles. The zero-order valence-electron chi connectivity index (χ0n) is 28.7. The number of rotatable bonds is 6. The summed E-state index contributed by atoms with van der Waals surface area (Å²) in [6.45, 7) is 7.58. The number of aromatic nitrogens is 4. The number of halogens is 2. The molecule has 4 aromatic rings. The Kier molecular flexibility index (Phi) is 7.57. The Labute approximate surface area is 294 Å². The number of nitrogens with one attached hydrogen (secondary N) is 3. The highest BCUT2D eigenvalue weighted by atomic mass is 19.3. The van der Waals surface area contributed by atoms with Crippen molar-refractivity contribution in [1.82, 2.24) is 35.3 Å². The van der Waals surface area contributed by atoms with E-state index in [1.54, 1.807) is 13.1 Å². The van der Waals surface area contributed by atoms with Gasteiger partial charge in [-0.3, -0.25) is 29.7 Å². The monoisotopic (exact) mass is 696 g/mol. The van der Waals surface area contributed by atoms with Gasteiger partial charge in [-0.1, -0.05) is 19.1 Å². The summed E-state index contributed by atoms with van der Waals surface area (Å²) in [5.74, 6) is -2.53. The Morgan fingerprint density at radius 1 is 1.00 bits per heavy atom. The van der Waals surface area contributed by atoms with Crippen molar-refractivity contribution in [3.63, 3.8) is 0 Å². The van der Waals surface area contributed by atoms with Gasteiger partial charge < -0.3 is 14.8 Å². The van der Waals surface area contributed by atoms with Gasteiger partial charge in [0.2, 0.25) is 11.8 Å². The summed E-state index contributed by atoms with van der Waals surface area (Å²) < 4.78 is 28.9. The van der Waals surface area contributed by atoms with Crippen molar-refractivity contribution in [1.29, 1.82) is 0 Å². The predicted molar refractivity (Wildman–Crippen MR) is 186 cm³/mol. The normalized spacial score (nSPS) is 26.6. The minimum atomic E-state index is -2.64. The van der Waals surface area contributed by atoms with E-state index in [1.165, 1.54) is 0 Å². The number of imide groups is 1. The van der Waals surface area contributed by atoms with Crippen LogP contribution in [0.2, 0.25) is 0 Å². The van der Waals surface area contributed by atoms with Crippen LogP contribution in [0.1, 0.15) is 65.7 Å². The molecule has 2 unspecified atom stereocenters. The molecule has 3 amide bonds. The van der Waals surface area contributed by atoms with Crippen LogP contribution in [0, 0.1) is 17.3 Å². The summed E-state index contributed by atoms with van der Waals surface area (Å²) >= 11 is 0. The van der Waals surface area contributed by atoms with E-state index in [-0.39, 0.29) is 23.6 Å². The minimum absolute atomic E-state index is 0.0181. The second kappa shape index (κ2) is 12.0. The molecule has 11 nitrogen and oxygen atoms in total. The number of hydrogen-bond acceptors (Lipinski definition) is 7. The number of H-pyrrole nitrogens is 2. The molecule has 4 fully saturated rings. The van der Waals surface area contributed by atoms with Gasteiger partial charge in [0.1, 0.15) is 11.5 Å². The largest absolute Gasteiger partial charge is 0.357 e. The molecule has 3 atom stereocenters. The number of aromatic amines is 2. The maximum Gasteiger partial charge on any atom is 0.258 e. The van der Waals surface area contributed by atoms with Gasteiger partial charge in [0.15, 0.2) is 0 Å². The number of nitrogens with zero attached hydrogens (tertiary/aromatic N) is 5. The lowest BCUT2D eigenvalue weighted by molar-refractivity contribution is -0.134. The molecule has 13 heteroatoms. The lowest BCUT2D eigenvalue weighted by atomic mass is 9.87. The Balaban J connectivity index is 0.767. The lowest BCUT2D eigenvalue weighted by Crippen LogP contribution is -2.50. The molecule has 266 valence electrons. The highest BCUT2D eigenvalue weighted by molar-refractivity contribution is 6.01. The lowest BCUT2D eigenvalue weighted by Gasteiger charge is -2.39. The first-order chi connectivity index (χ1) is 24.6. The van der Waals surface area contributed by atoms with E-state index in [0.717, 1.165) is 84.8 Å². The van der Waals surface area contributed by atoms with Gasteiger partial charge >= 0.3 is 0 Å². The van der Waals surface area contributed by atoms with E-state index in [0.29, 0.717) is 55.9 Å². The van der Waals surface area contributed by atoms with Crippen LogP contribution in [0.15, 0.2) is 42.6 Å². The number of amides is 3. The van der Waals surface area contributed by atoms with Crippen LogP contribution in [-0.2, 0) is 22.4 Å². The quantitative estimate of drug-likeness (QED) is 0.253. The van der Waals surface area contributed by atoms with Gasteiger partial charge in [-0.05, 0) is 61.4 Å². The maximum absolute atomic E-state index is 14.5. The summed E-state index contributed by atoms with van der Waals surface area (Å²) in [6, 6.07) is 11.6. The second-order valence-corrected chi connectivity index (χ2v) is 15.5. The fraction of sp³-hybridized carbons (Fsp3) is 0.500. The Morgan fingerprint density at radius 2 is 1.80 bits per heavy atom. The summed E-state index contributed by atoms with van der Waals surface area (Å²) in [5.41, 5.74) is 4.48. The van der Waals surface area contributed by atoms with Gasteiger partial charge in [-0.25, -0.2) is 13.8 Å². The Morgan fingerprint density at radius 3 is 2.55 bits per heavy atom. The van der Waals surface area contributed by atoms with E-state index < -0.39 is 17.3 Å². The molecule has 0 bridgehead atoms. The predicted octanol–water partition coefficient (Wildman–Crippen LogP) is 4.52. The van der Waals surface area contributed by atoms with E-state index >= 15 is 0 Å². The standard InChI is InChI=1S/C38H42F2N8O3/c1-37-19-30-27(18-31(37)38(37,39)40)34(45-44-30)29-16-23-2-3-24(17-28(23)42-29)36(51)48-14-12-46(13-15-48)21-22-8-10-47(11-9-22)32-6-4-25(20-41-32)26-5-7-33(49)43-35(26)50/h2-4,6,16-17,20,22,26,31,42H,5,7-15,18-19,21H2,1H3,(H,44,45)(H,43,49,50)/t26?,31-,37?/m0/s1. The summed E-state index contributed by atoms with van der Waals surface area (Å²) in [5, 5.41) is 10.9. The average Bonchev–Trinajstić information content (AvgIpc) is 3.52. The van der Waals surface area contributed by atoms with Crippen LogP contribution in [-0.4, -0.2) is 99.4 Å². The van der Waals surface area contributed by atoms with Gasteiger partial charge in [0.25, 0.3) is 11.8 Å². The molecule has 0 radical (unpaired) electrons. The fourth-order valence-electron chi connectivity index (χ4n) is 9.05. The van der Waals surface area contributed by atoms with Crippen LogP contribution in [0.4, 0.5) is 14.6 Å². The van der Waals surface area contributed by atoms with Gasteiger partial charge in [-0.15, -0.1) is 0 Å². The van der Waals surface area contributed by atoms with E-state index in [1.807, 2.05) is 41.3 Å². The summed E-state index contributed by atoms with van der Waals surface area (Å²) in [7, 11) is 0. The third kappa shape index (κ3) is 5.51. The van der Waals surface area contributed by atoms with E-state index in [9.17, 15) is 23.2 Å². The number of piperazine rings is 1. The number of anilines is 1. The molecule has 1 saturated carbocycles. The second-order valence-electron chi connectivity index (χ2n) is 15.5. The zero-order chi connectivity index (χ0) is 35.1. The molecular formula is C38H42F2N8O3.